The molecule has 0 atom stereocenters. The maximum absolute atomic E-state index is 12.0. The second-order valence-electron chi connectivity index (χ2n) is 4.14. The van der Waals surface area contributed by atoms with Gasteiger partial charge in [-0.25, -0.2) is 4.79 Å². The standard InChI is InChI=1S/C11H13ClN4O2/c1-6-9(12)14-11(18)16(10(6)17)5-8-4-13-15(3)7(8)2/h4H,5H2,1-3H3,(H,14,18). The summed E-state index contributed by atoms with van der Waals surface area (Å²) in [6, 6.07) is 0. The number of aromatic amines is 1. The molecule has 2 aromatic rings. The molecule has 1 N–H and O–H groups in total. The Bertz CT molecular complexity index is 711. The van der Waals surface area contributed by atoms with E-state index in [1.807, 2.05) is 6.92 Å². The van der Waals surface area contributed by atoms with E-state index in [1.165, 1.54) is 0 Å². The summed E-state index contributed by atoms with van der Waals surface area (Å²) in [4.78, 5) is 26.1. The lowest BCUT2D eigenvalue weighted by molar-refractivity contribution is 0.683. The van der Waals surface area contributed by atoms with Gasteiger partial charge in [-0.15, -0.1) is 0 Å². The zero-order valence-electron chi connectivity index (χ0n) is 10.3. The summed E-state index contributed by atoms with van der Waals surface area (Å²) >= 11 is 5.74. The van der Waals surface area contributed by atoms with Crippen LogP contribution in [0.3, 0.4) is 0 Å². The number of nitrogens with zero attached hydrogens (tertiary/aromatic N) is 3. The molecule has 0 saturated carbocycles. The molecule has 0 aliphatic heterocycles. The van der Waals surface area contributed by atoms with E-state index >= 15 is 0 Å². The Morgan fingerprint density at radius 2 is 2.06 bits per heavy atom. The van der Waals surface area contributed by atoms with Gasteiger partial charge in [-0.2, -0.15) is 5.10 Å². The smallest absolute Gasteiger partial charge is 0.297 e. The molecule has 0 unspecified atom stereocenters. The molecule has 0 amide bonds. The first kappa shape index (κ1) is 12.6. The average molecular weight is 269 g/mol. The van der Waals surface area contributed by atoms with Crippen molar-refractivity contribution in [2.75, 3.05) is 0 Å². The van der Waals surface area contributed by atoms with Gasteiger partial charge in [0.25, 0.3) is 5.56 Å². The molecule has 2 aromatic heterocycles. The van der Waals surface area contributed by atoms with Crippen LogP contribution < -0.4 is 11.2 Å². The molecule has 6 nitrogen and oxygen atoms in total. The number of halogens is 1. The summed E-state index contributed by atoms with van der Waals surface area (Å²) in [7, 11) is 1.80. The molecule has 7 heteroatoms. The predicted octanol–water partition coefficient (Wildman–Crippen LogP) is 0.589. The molecule has 0 saturated heterocycles. The number of hydrogen-bond acceptors (Lipinski definition) is 3. The molecule has 0 fully saturated rings. The van der Waals surface area contributed by atoms with Crippen LogP contribution in [0.15, 0.2) is 15.8 Å². The molecule has 0 radical (unpaired) electrons. The van der Waals surface area contributed by atoms with Crippen molar-refractivity contribution in [3.05, 3.63) is 49.0 Å². The normalized spacial score (nSPS) is 10.9. The van der Waals surface area contributed by atoms with Gasteiger partial charge in [-0.3, -0.25) is 19.0 Å². The number of nitrogens with one attached hydrogen (secondary N) is 1. The number of aryl methyl sites for hydroxylation is 1. The summed E-state index contributed by atoms with van der Waals surface area (Å²) < 4.78 is 2.81. The Hall–Kier alpha value is -1.82. The van der Waals surface area contributed by atoms with Crippen LogP contribution in [0.25, 0.3) is 0 Å². The van der Waals surface area contributed by atoms with Gasteiger partial charge in [-0.05, 0) is 13.8 Å². The SMILES string of the molecule is Cc1c(Cl)[nH]c(=O)n(Cc2cnn(C)c2C)c1=O. The molecule has 0 spiro atoms. The first-order valence-electron chi connectivity index (χ1n) is 5.38. The van der Waals surface area contributed by atoms with Crippen LogP contribution in [-0.4, -0.2) is 19.3 Å². The number of aromatic nitrogens is 4. The Balaban J connectivity index is 2.54. The lowest BCUT2D eigenvalue weighted by atomic mass is 10.2. The minimum atomic E-state index is -0.515. The van der Waals surface area contributed by atoms with Crippen molar-refractivity contribution >= 4 is 11.6 Å². The van der Waals surface area contributed by atoms with E-state index in [9.17, 15) is 9.59 Å². The molecule has 0 aliphatic carbocycles. The van der Waals surface area contributed by atoms with Crippen LogP contribution in [-0.2, 0) is 13.6 Å². The van der Waals surface area contributed by atoms with E-state index in [0.717, 1.165) is 15.8 Å². The maximum atomic E-state index is 12.0. The molecular formula is C11H13ClN4O2. The summed E-state index contributed by atoms with van der Waals surface area (Å²) in [6.07, 6.45) is 1.64. The van der Waals surface area contributed by atoms with E-state index in [1.54, 1.807) is 24.9 Å². The zero-order chi connectivity index (χ0) is 13.4. The van der Waals surface area contributed by atoms with Crippen LogP contribution in [0.2, 0.25) is 5.15 Å². The van der Waals surface area contributed by atoms with Gasteiger partial charge >= 0.3 is 5.69 Å². The third kappa shape index (κ3) is 1.99. The Morgan fingerprint density at radius 1 is 1.39 bits per heavy atom. The molecule has 2 heterocycles. The third-order valence-electron chi connectivity index (χ3n) is 3.02. The highest BCUT2D eigenvalue weighted by atomic mass is 35.5. The number of H-pyrrole nitrogens is 1. The van der Waals surface area contributed by atoms with Crippen molar-refractivity contribution in [2.24, 2.45) is 7.05 Å². The highest BCUT2D eigenvalue weighted by Crippen LogP contribution is 2.07. The van der Waals surface area contributed by atoms with Crippen molar-refractivity contribution in [3.8, 4) is 0 Å². The Morgan fingerprint density at radius 3 is 2.61 bits per heavy atom. The van der Waals surface area contributed by atoms with Crippen LogP contribution in [0, 0.1) is 13.8 Å². The van der Waals surface area contributed by atoms with Gasteiger partial charge in [-0.1, -0.05) is 11.6 Å². The topological polar surface area (TPSA) is 72.7 Å². The lowest BCUT2D eigenvalue weighted by Gasteiger charge is -2.06. The van der Waals surface area contributed by atoms with E-state index in [2.05, 4.69) is 10.1 Å². The monoisotopic (exact) mass is 268 g/mol. The van der Waals surface area contributed by atoms with Gasteiger partial charge in [0, 0.05) is 23.9 Å². The summed E-state index contributed by atoms with van der Waals surface area (Å²) in [6.45, 7) is 3.64. The number of hydrogen-bond donors (Lipinski definition) is 1. The van der Waals surface area contributed by atoms with Crippen molar-refractivity contribution in [1.29, 1.82) is 0 Å². The van der Waals surface area contributed by atoms with Gasteiger partial charge in [0.2, 0.25) is 0 Å². The maximum Gasteiger partial charge on any atom is 0.329 e. The highest BCUT2D eigenvalue weighted by Gasteiger charge is 2.11. The lowest BCUT2D eigenvalue weighted by Crippen LogP contribution is -2.37. The van der Waals surface area contributed by atoms with E-state index in [-0.39, 0.29) is 17.3 Å². The minimum absolute atomic E-state index is 0.0872. The molecule has 96 valence electrons. The molecular weight excluding hydrogens is 256 g/mol. The summed E-state index contributed by atoms with van der Waals surface area (Å²) in [5.74, 6) is 0. The van der Waals surface area contributed by atoms with Gasteiger partial charge in [0.1, 0.15) is 5.15 Å². The van der Waals surface area contributed by atoms with E-state index in [4.69, 9.17) is 11.6 Å². The first-order chi connectivity index (χ1) is 8.41. The van der Waals surface area contributed by atoms with E-state index in [0.29, 0.717) is 5.56 Å². The molecule has 0 bridgehead atoms. The molecule has 18 heavy (non-hydrogen) atoms. The van der Waals surface area contributed by atoms with Crippen molar-refractivity contribution < 1.29 is 0 Å². The third-order valence-corrected chi connectivity index (χ3v) is 3.40. The van der Waals surface area contributed by atoms with Gasteiger partial charge in [0.15, 0.2) is 0 Å². The van der Waals surface area contributed by atoms with Crippen molar-refractivity contribution in [2.45, 2.75) is 20.4 Å². The largest absolute Gasteiger partial charge is 0.329 e. The highest BCUT2D eigenvalue weighted by molar-refractivity contribution is 6.30. The fraction of sp³-hybridized carbons (Fsp3) is 0.364. The second kappa shape index (κ2) is 4.45. The minimum Gasteiger partial charge on any atom is -0.297 e. The van der Waals surface area contributed by atoms with Crippen LogP contribution in [0.1, 0.15) is 16.8 Å². The summed E-state index contributed by atoms with van der Waals surface area (Å²) in [5, 5.41) is 4.16. The fourth-order valence-corrected chi connectivity index (χ4v) is 1.82. The van der Waals surface area contributed by atoms with Crippen LogP contribution >= 0.6 is 11.6 Å². The molecule has 2 rings (SSSR count). The fourth-order valence-electron chi connectivity index (χ4n) is 1.66. The molecule has 0 aromatic carbocycles. The molecule has 0 aliphatic rings. The van der Waals surface area contributed by atoms with Crippen LogP contribution in [0.5, 0.6) is 0 Å². The van der Waals surface area contributed by atoms with E-state index < -0.39 is 5.69 Å². The second-order valence-corrected chi connectivity index (χ2v) is 4.52. The predicted molar refractivity (Wildman–Crippen MR) is 68.1 cm³/mol. The first-order valence-corrected chi connectivity index (χ1v) is 5.76. The van der Waals surface area contributed by atoms with Crippen LogP contribution in [0.4, 0.5) is 0 Å². The van der Waals surface area contributed by atoms with Gasteiger partial charge < -0.3 is 0 Å². The Labute approximate surface area is 108 Å². The van der Waals surface area contributed by atoms with Crippen molar-refractivity contribution in [3.63, 3.8) is 0 Å². The van der Waals surface area contributed by atoms with Crippen molar-refractivity contribution in [1.82, 2.24) is 19.3 Å². The summed E-state index contributed by atoms with van der Waals surface area (Å²) in [5.41, 5.74) is 1.17. The number of rotatable bonds is 2. The zero-order valence-corrected chi connectivity index (χ0v) is 11.1. The Kier molecular flexibility index (Phi) is 3.13. The van der Waals surface area contributed by atoms with Gasteiger partial charge in [0.05, 0.1) is 12.7 Å². The average Bonchev–Trinajstić information content (AvgIpc) is 2.63. The quantitative estimate of drug-likeness (QED) is 0.810.